The van der Waals surface area contributed by atoms with Crippen molar-refractivity contribution in [1.29, 1.82) is 5.41 Å². The summed E-state index contributed by atoms with van der Waals surface area (Å²) in [5, 5.41) is 15.2. The van der Waals surface area contributed by atoms with Gasteiger partial charge >= 0.3 is 0 Å². The van der Waals surface area contributed by atoms with Gasteiger partial charge in [0.1, 0.15) is 0 Å². The summed E-state index contributed by atoms with van der Waals surface area (Å²) < 4.78 is 0. The minimum Gasteiger partial charge on any atom is -0.405 e. The van der Waals surface area contributed by atoms with Gasteiger partial charge in [0.25, 0.3) is 0 Å². The summed E-state index contributed by atoms with van der Waals surface area (Å²) in [6.45, 7) is 0.0170. The molecule has 0 aromatic rings. The molecule has 46 valence electrons. The SMILES string of the molecule is N=C(/C=C\N)CCO. The van der Waals surface area contributed by atoms with Gasteiger partial charge in [-0.1, -0.05) is 0 Å². The van der Waals surface area contributed by atoms with E-state index in [0.717, 1.165) is 0 Å². The molecule has 8 heavy (non-hydrogen) atoms. The third-order valence-electron chi connectivity index (χ3n) is 0.679. The first-order valence-electron chi connectivity index (χ1n) is 2.38. The van der Waals surface area contributed by atoms with Gasteiger partial charge in [0, 0.05) is 18.7 Å². The molecule has 0 saturated heterocycles. The van der Waals surface area contributed by atoms with Gasteiger partial charge in [-0.15, -0.1) is 0 Å². The average molecular weight is 114 g/mol. The molecule has 0 unspecified atom stereocenters. The van der Waals surface area contributed by atoms with E-state index in [1.165, 1.54) is 12.3 Å². The Bertz CT molecular complexity index is 98.6. The Morgan fingerprint density at radius 2 is 2.38 bits per heavy atom. The lowest BCUT2D eigenvalue weighted by molar-refractivity contribution is 0.307. The van der Waals surface area contributed by atoms with Crippen molar-refractivity contribution in [3.8, 4) is 0 Å². The standard InChI is InChI=1S/C5H10N2O/c6-3-1-5(7)2-4-8/h1,3,7-8H,2,4,6H2/b3-1-,7-5?. The molecule has 3 nitrogen and oxygen atoms in total. The second kappa shape index (κ2) is 4.33. The van der Waals surface area contributed by atoms with Crippen LogP contribution >= 0.6 is 0 Å². The number of allylic oxidation sites excluding steroid dienone is 1. The average Bonchev–Trinajstić information content (AvgIpc) is 1.68. The van der Waals surface area contributed by atoms with Crippen LogP contribution in [0.1, 0.15) is 6.42 Å². The summed E-state index contributed by atoms with van der Waals surface area (Å²) in [6, 6.07) is 0. The highest BCUT2D eigenvalue weighted by Crippen LogP contribution is 1.81. The molecule has 0 amide bonds. The number of aliphatic hydroxyl groups excluding tert-OH is 1. The van der Waals surface area contributed by atoms with Gasteiger partial charge < -0.3 is 16.2 Å². The van der Waals surface area contributed by atoms with Gasteiger partial charge in [0.2, 0.25) is 0 Å². The van der Waals surface area contributed by atoms with Crippen LogP contribution in [0.2, 0.25) is 0 Å². The monoisotopic (exact) mass is 114 g/mol. The molecular weight excluding hydrogens is 104 g/mol. The van der Waals surface area contributed by atoms with Crippen LogP contribution in [0.25, 0.3) is 0 Å². The quantitative estimate of drug-likeness (QED) is 0.447. The van der Waals surface area contributed by atoms with Crippen LogP contribution < -0.4 is 5.73 Å². The Balaban J connectivity index is 3.33. The predicted octanol–water partition coefficient (Wildman–Crippen LogP) is -0.139. The third kappa shape index (κ3) is 3.36. The van der Waals surface area contributed by atoms with Crippen LogP contribution in [0.3, 0.4) is 0 Å². The lowest BCUT2D eigenvalue weighted by atomic mass is 10.3. The molecule has 0 radical (unpaired) electrons. The molecule has 0 aromatic heterocycles. The van der Waals surface area contributed by atoms with Crippen LogP contribution in [0, 0.1) is 5.41 Å². The second-order valence-electron chi connectivity index (χ2n) is 1.36. The number of rotatable bonds is 3. The minimum atomic E-state index is 0.0170. The maximum Gasteiger partial charge on any atom is 0.0486 e. The van der Waals surface area contributed by atoms with Gasteiger partial charge in [-0.2, -0.15) is 0 Å². The third-order valence-corrected chi connectivity index (χ3v) is 0.679. The second-order valence-corrected chi connectivity index (χ2v) is 1.36. The van der Waals surface area contributed by atoms with E-state index in [4.69, 9.17) is 16.2 Å². The smallest absolute Gasteiger partial charge is 0.0486 e. The Morgan fingerprint density at radius 1 is 1.75 bits per heavy atom. The molecule has 0 saturated carbocycles. The predicted molar refractivity (Wildman–Crippen MR) is 32.8 cm³/mol. The van der Waals surface area contributed by atoms with E-state index in [0.29, 0.717) is 12.1 Å². The van der Waals surface area contributed by atoms with Crippen molar-refractivity contribution in [3.05, 3.63) is 12.3 Å². The molecule has 0 aliphatic heterocycles. The number of aliphatic hydroxyl groups is 1. The highest BCUT2D eigenvalue weighted by molar-refractivity contribution is 5.92. The topological polar surface area (TPSA) is 70.1 Å². The van der Waals surface area contributed by atoms with E-state index in [9.17, 15) is 0 Å². The zero-order valence-electron chi connectivity index (χ0n) is 4.59. The molecule has 0 rings (SSSR count). The molecule has 0 fully saturated rings. The highest BCUT2D eigenvalue weighted by Gasteiger charge is 1.85. The molecule has 0 heterocycles. The number of hydrogen-bond acceptors (Lipinski definition) is 3. The molecule has 0 aromatic carbocycles. The number of nitrogens with one attached hydrogen (secondary N) is 1. The zero-order valence-corrected chi connectivity index (χ0v) is 4.59. The summed E-state index contributed by atoms with van der Waals surface area (Å²) in [7, 11) is 0. The fourth-order valence-electron chi connectivity index (χ4n) is 0.320. The van der Waals surface area contributed by atoms with E-state index in [1.54, 1.807) is 0 Å². The maximum absolute atomic E-state index is 8.25. The molecular formula is C5H10N2O. The molecule has 0 aliphatic rings. The van der Waals surface area contributed by atoms with Crippen molar-refractivity contribution in [2.75, 3.05) is 6.61 Å². The first-order chi connectivity index (χ1) is 3.81. The Kier molecular flexibility index (Phi) is 3.88. The summed E-state index contributed by atoms with van der Waals surface area (Å²) in [4.78, 5) is 0. The van der Waals surface area contributed by atoms with Crippen molar-refractivity contribution < 1.29 is 5.11 Å². The summed E-state index contributed by atoms with van der Waals surface area (Å²) in [5.74, 6) is 0. The summed E-state index contributed by atoms with van der Waals surface area (Å²) in [5.41, 5.74) is 5.31. The van der Waals surface area contributed by atoms with Gasteiger partial charge in [-0.05, 0) is 12.3 Å². The summed E-state index contributed by atoms with van der Waals surface area (Å²) in [6.07, 6.45) is 3.13. The highest BCUT2D eigenvalue weighted by atomic mass is 16.2. The van der Waals surface area contributed by atoms with Crippen LogP contribution in [0.4, 0.5) is 0 Å². The van der Waals surface area contributed by atoms with Crippen molar-refractivity contribution in [2.45, 2.75) is 6.42 Å². The lowest BCUT2D eigenvalue weighted by Crippen LogP contribution is -1.95. The normalized spacial score (nSPS) is 10.1. The van der Waals surface area contributed by atoms with Crippen LogP contribution in [0.5, 0.6) is 0 Å². The first-order valence-corrected chi connectivity index (χ1v) is 2.38. The van der Waals surface area contributed by atoms with Gasteiger partial charge in [0.05, 0.1) is 0 Å². The molecule has 0 spiro atoms. The van der Waals surface area contributed by atoms with Crippen LogP contribution in [-0.2, 0) is 0 Å². The largest absolute Gasteiger partial charge is 0.405 e. The number of hydrogen-bond donors (Lipinski definition) is 3. The summed E-state index contributed by atoms with van der Waals surface area (Å²) >= 11 is 0. The molecule has 0 aliphatic carbocycles. The Labute approximate surface area is 48.3 Å². The van der Waals surface area contributed by atoms with Gasteiger partial charge in [-0.3, -0.25) is 0 Å². The van der Waals surface area contributed by atoms with Crippen molar-refractivity contribution in [2.24, 2.45) is 5.73 Å². The van der Waals surface area contributed by atoms with Crippen molar-refractivity contribution in [1.82, 2.24) is 0 Å². The van der Waals surface area contributed by atoms with Crippen molar-refractivity contribution >= 4 is 5.71 Å². The van der Waals surface area contributed by atoms with E-state index in [2.05, 4.69) is 0 Å². The van der Waals surface area contributed by atoms with Crippen LogP contribution in [0.15, 0.2) is 12.3 Å². The fraction of sp³-hybridized carbons (Fsp3) is 0.400. The molecule has 0 bridgehead atoms. The minimum absolute atomic E-state index is 0.0170. The molecule has 3 heteroatoms. The maximum atomic E-state index is 8.25. The van der Waals surface area contributed by atoms with Crippen LogP contribution in [-0.4, -0.2) is 17.4 Å². The van der Waals surface area contributed by atoms with E-state index >= 15 is 0 Å². The van der Waals surface area contributed by atoms with E-state index in [-0.39, 0.29) is 6.61 Å². The Hall–Kier alpha value is -0.830. The lowest BCUT2D eigenvalue weighted by Gasteiger charge is -1.88. The Morgan fingerprint density at radius 3 is 2.75 bits per heavy atom. The van der Waals surface area contributed by atoms with Crippen molar-refractivity contribution in [3.63, 3.8) is 0 Å². The number of nitrogens with two attached hydrogens (primary N) is 1. The van der Waals surface area contributed by atoms with Gasteiger partial charge in [0.15, 0.2) is 0 Å². The molecule has 4 N–H and O–H groups in total. The first kappa shape index (κ1) is 7.17. The zero-order chi connectivity index (χ0) is 6.41. The van der Waals surface area contributed by atoms with E-state index in [1.807, 2.05) is 0 Å². The molecule has 0 atom stereocenters. The van der Waals surface area contributed by atoms with Gasteiger partial charge in [-0.25, -0.2) is 0 Å². The fourth-order valence-corrected chi connectivity index (χ4v) is 0.320. The van der Waals surface area contributed by atoms with E-state index < -0.39 is 0 Å².